The number of hydrogen-bond donors (Lipinski definition) is 1. The number of nitrogen functional groups attached to an aromatic ring is 1. The van der Waals surface area contributed by atoms with Gasteiger partial charge in [0.2, 0.25) is 5.88 Å². The van der Waals surface area contributed by atoms with Crippen molar-refractivity contribution in [1.29, 1.82) is 0 Å². The molecule has 2 N–H and O–H groups in total. The van der Waals surface area contributed by atoms with Crippen LogP contribution in [0.2, 0.25) is 5.15 Å². The molecule has 0 aliphatic heterocycles. The van der Waals surface area contributed by atoms with Gasteiger partial charge >= 0.3 is 16.1 Å². The highest BCUT2D eigenvalue weighted by Crippen LogP contribution is 2.21. The van der Waals surface area contributed by atoms with E-state index in [9.17, 15) is 13.2 Å². The first-order chi connectivity index (χ1) is 14.2. The summed E-state index contributed by atoms with van der Waals surface area (Å²) in [5.74, 6) is -0.189. The van der Waals surface area contributed by atoms with Crippen molar-refractivity contribution in [1.82, 2.24) is 19.7 Å². The molecule has 0 spiro atoms. The summed E-state index contributed by atoms with van der Waals surface area (Å²) in [5.41, 5.74) is 5.22. The number of halogens is 1. The van der Waals surface area contributed by atoms with E-state index in [-0.39, 0.29) is 16.5 Å². The van der Waals surface area contributed by atoms with Crippen LogP contribution in [0.15, 0.2) is 47.6 Å². The molecule has 0 radical (unpaired) electrons. The zero-order chi connectivity index (χ0) is 21.9. The minimum Gasteiger partial charge on any atom is -0.476 e. The van der Waals surface area contributed by atoms with Crippen LogP contribution in [-0.4, -0.2) is 40.7 Å². The Morgan fingerprint density at radius 3 is 2.63 bits per heavy atom. The van der Waals surface area contributed by atoms with Crippen molar-refractivity contribution in [3.63, 3.8) is 0 Å². The number of ether oxygens (including phenoxy) is 1. The van der Waals surface area contributed by atoms with Crippen LogP contribution < -0.4 is 10.5 Å². The average Bonchev–Trinajstić information content (AvgIpc) is 3.15. The number of hydrogen-bond acceptors (Lipinski definition) is 9. The van der Waals surface area contributed by atoms with Gasteiger partial charge in [0.05, 0.1) is 12.2 Å². The standard InChI is InChI=1S/C18H18ClN5O5S/c1-11(2)10-28-15-8-9-24(23-15)14-7-6-12(17(19)22-14)18(25)29-30(26,27)16-5-3-4-13(20)21-16/h3-9,11H,10H2,1-2H3,(H2,20,21). The van der Waals surface area contributed by atoms with Crippen LogP contribution in [0.1, 0.15) is 24.2 Å². The molecule has 3 rings (SSSR count). The first-order valence-electron chi connectivity index (χ1n) is 8.72. The van der Waals surface area contributed by atoms with E-state index in [1.807, 2.05) is 13.8 Å². The van der Waals surface area contributed by atoms with Crippen molar-refractivity contribution in [2.45, 2.75) is 18.9 Å². The molecule has 30 heavy (non-hydrogen) atoms. The molecular formula is C18H18ClN5O5S. The van der Waals surface area contributed by atoms with E-state index in [0.717, 1.165) is 6.07 Å². The molecule has 0 saturated heterocycles. The quantitative estimate of drug-likeness (QED) is 0.423. The highest BCUT2D eigenvalue weighted by Gasteiger charge is 2.25. The van der Waals surface area contributed by atoms with E-state index in [0.29, 0.717) is 24.2 Å². The van der Waals surface area contributed by atoms with Gasteiger partial charge in [-0.15, -0.1) is 5.10 Å². The molecule has 10 nitrogen and oxygen atoms in total. The normalized spacial score (nSPS) is 11.5. The molecule has 0 atom stereocenters. The van der Waals surface area contributed by atoms with Crippen LogP contribution in [-0.2, 0) is 14.3 Å². The van der Waals surface area contributed by atoms with Gasteiger partial charge in [0, 0.05) is 12.3 Å². The third-order valence-electron chi connectivity index (χ3n) is 3.60. The average molecular weight is 452 g/mol. The van der Waals surface area contributed by atoms with Crippen LogP contribution in [0.3, 0.4) is 0 Å². The molecule has 0 amide bonds. The van der Waals surface area contributed by atoms with E-state index in [1.54, 1.807) is 12.3 Å². The lowest BCUT2D eigenvalue weighted by Crippen LogP contribution is -2.16. The lowest BCUT2D eigenvalue weighted by molar-refractivity contribution is 0.0746. The summed E-state index contributed by atoms with van der Waals surface area (Å²) in [7, 11) is -4.48. The van der Waals surface area contributed by atoms with Gasteiger partial charge in [-0.25, -0.2) is 19.4 Å². The van der Waals surface area contributed by atoms with Crippen LogP contribution in [0.4, 0.5) is 5.82 Å². The number of anilines is 1. The summed E-state index contributed by atoms with van der Waals surface area (Å²) in [4.78, 5) is 20.0. The van der Waals surface area contributed by atoms with Crippen LogP contribution >= 0.6 is 11.6 Å². The second kappa shape index (κ2) is 8.67. The number of pyridine rings is 2. The Labute approximate surface area is 177 Å². The summed E-state index contributed by atoms with van der Waals surface area (Å²) < 4.78 is 36.0. The molecule has 3 heterocycles. The first kappa shape index (κ1) is 21.5. The summed E-state index contributed by atoms with van der Waals surface area (Å²) >= 11 is 6.07. The van der Waals surface area contributed by atoms with E-state index in [1.165, 1.54) is 28.9 Å². The molecule has 0 unspecified atom stereocenters. The third-order valence-corrected chi connectivity index (χ3v) is 5.00. The van der Waals surface area contributed by atoms with Crippen molar-refractivity contribution in [3.8, 4) is 11.7 Å². The fourth-order valence-corrected chi connectivity index (χ4v) is 3.29. The molecule has 3 aromatic heterocycles. The maximum Gasteiger partial charge on any atom is 0.359 e. The molecule has 158 valence electrons. The van der Waals surface area contributed by atoms with Gasteiger partial charge in [-0.05, 0) is 30.2 Å². The number of rotatable bonds is 7. The lowest BCUT2D eigenvalue weighted by Gasteiger charge is -2.08. The second-order valence-corrected chi connectivity index (χ2v) is 8.39. The predicted molar refractivity (Wildman–Crippen MR) is 108 cm³/mol. The van der Waals surface area contributed by atoms with Gasteiger partial charge in [0.25, 0.3) is 0 Å². The Kier molecular flexibility index (Phi) is 6.22. The number of nitrogens with zero attached hydrogens (tertiary/aromatic N) is 4. The zero-order valence-electron chi connectivity index (χ0n) is 16.0. The third kappa shape index (κ3) is 5.05. The highest BCUT2D eigenvalue weighted by atomic mass is 35.5. The molecule has 3 aromatic rings. The SMILES string of the molecule is CC(C)COc1ccn(-c2ccc(C(=O)OS(=O)(=O)c3cccc(N)n3)c(Cl)n2)n1. The Hall–Kier alpha value is -3.18. The number of nitrogens with two attached hydrogens (primary N) is 1. The minimum atomic E-state index is -4.48. The Morgan fingerprint density at radius 1 is 1.20 bits per heavy atom. The second-order valence-electron chi connectivity index (χ2n) is 6.54. The number of aromatic nitrogens is 4. The Bertz CT molecular complexity index is 1180. The minimum absolute atomic E-state index is 0.0351. The van der Waals surface area contributed by atoms with Crippen molar-refractivity contribution < 1.29 is 22.1 Å². The van der Waals surface area contributed by atoms with Gasteiger partial charge in [-0.3, -0.25) is 0 Å². The lowest BCUT2D eigenvalue weighted by atomic mass is 10.2. The van der Waals surface area contributed by atoms with Crippen molar-refractivity contribution in [2.75, 3.05) is 12.3 Å². The molecule has 0 aromatic carbocycles. The van der Waals surface area contributed by atoms with Gasteiger partial charge in [0.15, 0.2) is 10.8 Å². The summed E-state index contributed by atoms with van der Waals surface area (Å²) in [6.45, 7) is 4.53. The van der Waals surface area contributed by atoms with Crippen molar-refractivity contribution >= 4 is 33.5 Å². The molecule has 0 fully saturated rings. The first-order valence-corrected chi connectivity index (χ1v) is 10.5. The van der Waals surface area contributed by atoms with E-state index >= 15 is 0 Å². The smallest absolute Gasteiger partial charge is 0.359 e. The van der Waals surface area contributed by atoms with Crippen LogP contribution in [0.5, 0.6) is 5.88 Å². The van der Waals surface area contributed by atoms with Gasteiger partial charge < -0.3 is 14.7 Å². The zero-order valence-corrected chi connectivity index (χ0v) is 17.6. The number of carbonyl (C=O) groups is 1. The largest absolute Gasteiger partial charge is 0.476 e. The molecule has 0 aliphatic rings. The monoisotopic (exact) mass is 451 g/mol. The fourth-order valence-electron chi connectivity index (χ4n) is 2.23. The van der Waals surface area contributed by atoms with Crippen molar-refractivity contribution in [2.24, 2.45) is 5.92 Å². The predicted octanol–water partition coefficient (Wildman–Crippen LogP) is 2.48. The van der Waals surface area contributed by atoms with E-state index in [4.69, 9.17) is 22.1 Å². The Balaban J connectivity index is 1.77. The highest BCUT2D eigenvalue weighted by molar-refractivity contribution is 7.87. The summed E-state index contributed by atoms with van der Waals surface area (Å²) in [6.07, 6.45) is 1.61. The topological polar surface area (TPSA) is 139 Å². The molecule has 0 bridgehead atoms. The summed E-state index contributed by atoms with van der Waals surface area (Å²) in [5, 5.41) is 3.46. The fraction of sp³-hybridized carbons (Fsp3) is 0.222. The van der Waals surface area contributed by atoms with Gasteiger partial charge in [-0.1, -0.05) is 31.5 Å². The molecule has 0 saturated carbocycles. The van der Waals surface area contributed by atoms with Crippen LogP contribution in [0.25, 0.3) is 5.82 Å². The van der Waals surface area contributed by atoms with E-state index < -0.39 is 21.1 Å². The van der Waals surface area contributed by atoms with Crippen LogP contribution in [0, 0.1) is 5.92 Å². The maximum atomic E-state index is 12.3. The van der Waals surface area contributed by atoms with Gasteiger partial charge in [0.1, 0.15) is 11.0 Å². The van der Waals surface area contributed by atoms with E-state index in [2.05, 4.69) is 19.2 Å². The number of carbonyl (C=O) groups excluding carboxylic acids is 1. The Morgan fingerprint density at radius 2 is 1.97 bits per heavy atom. The van der Waals surface area contributed by atoms with Crippen molar-refractivity contribution in [3.05, 3.63) is 53.3 Å². The van der Waals surface area contributed by atoms with Gasteiger partial charge in [-0.2, -0.15) is 8.42 Å². The molecule has 12 heteroatoms. The summed E-state index contributed by atoms with van der Waals surface area (Å²) in [6, 6.07) is 8.30. The molecule has 0 aliphatic carbocycles. The molecular weight excluding hydrogens is 434 g/mol. The maximum absolute atomic E-state index is 12.3.